The minimum atomic E-state index is 0.709. The topological polar surface area (TPSA) is 31.4 Å². The number of pyridine rings is 1. The van der Waals surface area contributed by atoms with Gasteiger partial charge in [0.15, 0.2) is 0 Å². The van der Waals surface area contributed by atoms with E-state index in [4.69, 9.17) is 0 Å². The third kappa shape index (κ3) is 3.74. The minimum Gasteiger partial charge on any atom is -0.370 e. The van der Waals surface area contributed by atoms with Crippen LogP contribution in [0.1, 0.15) is 38.8 Å². The van der Waals surface area contributed by atoms with Gasteiger partial charge < -0.3 is 10.2 Å². The molecule has 21 heavy (non-hydrogen) atoms. The highest BCUT2D eigenvalue weighted by Crippen LogP contribution is 2.24. The SMILES string of the molecule is CCN(CC)C1CCN(c2ccnc(CNC3CC3)c2)C1. The van der Waals surface area contributed by atoms with Gasteiger partial charge in [-0.2, -0.15) is 0 Å². The van der Waals surface area contributed by atoms with Gasteiger partial charge in [-0.15, -0.1) is 0 Å². The lowest BCUT2D eigenvalue weighted by Crippen LogP contribution is -2.37. The normalized spacial score (nSPS) is 22.2. The summed E-state index contributed by atoms with van der Waals surface area (Å²) < 4.78 is 0. The first-order valence-corrected chi connectivity index (χ1v) is 8.47. The van der Waals surface area contributed by atoms with E-state index in [1.165, 1.54) is 37.2 Å². The Morgan fingerprint density at radius 1 is 1.29 bits per heavy atom. The molecule has 1 unspecified atom stereocenters. The lowest BCUT2D eigenvalue weighted by molar-refractivity contribution is 0.232. The van der Waals surface area contributed by atoms with Crippen LogP contribution in [0.25, 0.3) is 0 Å². The Morgan fingerprint density at radius 2 is 2.10 bits per heavy atom. The van der Waals surface area contributed by atoms with E-state index >= 15 is 0 Å². The average Bonchev–Trinajstić information content (AvgIpc) is 3.23. The molecule has 0 amide bonds. The van der Waals surface area contributed by atoms with Crippen molar-refractivity contribution in [2.45, 2.75) is 51.7 Å². The first kappa shape index (κ1) is 14.8. The maximum absolute atomic E-state index is 4.50. The first-order valence-electron chi connectivity index (χ1n) is 8.47. The van der Waals surface area contributed by atoms with E-state index in [9.17, 15) is 0 Å². The summed E-state index contributed by atoms with van der Waals surface area (Å²) in [6.45, 7) is 10.1. The summed E-state index contributed by atoms with van der Waals surface area (Å²) in [6, 6.07) is 5.88. The second kappa shape index (κ2) is 6.75. The minimum absolute atomic E-state index is 0.709. The van der Waals surface area contributed by atoms with Gasteiger partial charge in [-0.25, -0.2) is 0 Å². The Hall–Kier alpha value is -1.13. The number of nitrogens with zero attached hydrogens (tertiary/aromatic N) is 3. The van der Waals surface area contributed by atoms with Crippen LogP contribution < -0.4 is 10.2 Å². The van der Waals surface area contributed by atoms with Crippen LogP contribution in [0.4, 0.5) is 5.69 Å². The van der Waals surface area contributed by atoms with Gasteiger partial charge in [0, 0.05) is 43.6 Å². The average molecular weight is 288 g/mol. The fourth-order valence-corrected chi connectivity index (χ4v) is 3.31. The number of likely N-dealkylation sites (N-methyl/N-ethyl adjacent to an activating group) is 1. The van der Waals surface area contributed by atoms with Gasteiger partial charge in [-0.1, -0.05) is 13.8 Å². The molecule has 2 fully saturated rings. The van der Waals surface area contributed by atoms with Gasteiger partial charge in [0.25, 0.3) is 0 Å². The highest BCUT2D eigenvalue weighted by atomic mass is 15.2. The highest BCUT2D eigenvalue weighted by Gasteiger charge is 2.26. The fraction of sp³-hybridized carbons (Fsp3) is 0.706. The van der Waals surface area contributed by atoms with Crippen molar-refractivity contribution in [3.8, 4) is 0 Å². The lowest BCUT2D eigenvalue weighted by Gasteiger charge is -2.26. The van der Waals surface area contributed by atoms with E-state index in [2.05, 4.69) is 46.1 Å². The number of rotatable bonds is 7. The summed E-state index contributed by atoms with van der Waals surface area (Å²) in [5.74, 6) is 0. The molecule has 1 N–H and O–H groups in total. The Bertz CT molecular complexity index is 454. The summed E-state index contributed by atoms with van der Waals surface area (Å²) in [5, 5.41) is 3.55. The third-order valence-electron chi connectivity index (χ3n) is 4.81. The molecule has 4 heteroatoms. The van der Waals surface area contributed by atoms with E-state index < -0.39 is 0 Å². The monoisotopic (exact) mass is 288 g/mol. The molecule has 1 atom stereocenters. The molecule has 1 aliphatic heterocycles. The lowest BCUT2D eigenvalue weighted by atomic mass is 10.2. The van der Waals surface area contributed by atoms with E-state index in [0.717, 1.165) is 32.2 Å². The summed E-state index contributed by atoms with van der Waals surface area (Å²) in [6.07, 6.45) is 5.90. The van der Waals surface area contributed by atoms with Crippen molar-refractivity contribution in [2.75, 3.05) is 31.1 Å². The van der Waals surface area contributed by atoms with Gasteiger partial charge in [-0.05, 0) is 44.5 Å². The maximum atomic E-state index is 4.50. The smallest absolute Gasteiger partial charge is 0.0562 e. The number of hydrogen-bond acceptors (Lipinski definition) is 4. The van der Waals surface area contributed by atoms with Crippen LogP contribution in [0.5, 0.6) is 0 Å². The van der Waals surface area contributed by atoms with Gasteiger partial charge in [-0.3, -0.25) is 9.88 Å². The van der Waals surface area contributed by atoms with Crippen LogP contribution >= 0.6 is 0 Å². The van der Waals surface area contributed by atoms with Crippen LogP contribution in [0.2, 0.25) is 0 Å². The molecule has 1 aliphatic carbocycles. The molecule has 1 saturated carbocycles. The predicted molar refractivity (Wildman–Crippen MR) is 87.6 cm³/mol. The fourth-order valence-electron chi connectivity index (χ4n) is 3.31. The Balaban J connectivity index is 1.59. The van der Waals surface area contributed by atoms with Crippen molar-refractivity contribution in [2.24, 2.45) is 0 Å². The maximum Gasteiger partial charge on any atom is 0.0562 e. The summed E-state index contributed by atoms with van der Waals surface area (Å²) in [5.41, 5.74) is 2.51. The van der Waals surface area contributed by atoms with Crippen molar-refractivity contribution in [1.29, 1.82) is 0 Å². The zero-order valence-corrected chi connectivity index (χ0v) is 13.4. The zero-order valence-electron chi connectivity index (χ0n) is 13.4. The van der Waals surface area contributed by atoms with Gasteiger partial charge in [0.05, 0.1) is 5.69 Å². The molecule has 0 aromatic carbocycles. The van der Waals surface area contributed by atoms with Crippen LogP contribution in [-0.2, 0) is 6.54 Å². The highest BCUT2D eigenvalue weighted by molar-refractivity contribution is 5.47. The second-order valence-electron chi connectivity index (χ2n) is 6.27. The van der Waals surface area contributed by atoms with Crippen molar-refractivity contribution < 1.29 is 0 Å². The predicted octanol–water partition coefficient (Wildman–Crippen LogP) is 2.25. The quantitative estimate of drug-likeness (QED) is 0.834. The Kier molecular flexibility index (Phi) is 4.76. The Labute approximate surface area is 128 Å². The van der Waals surface area contributed by atoms with E-state index in [-0.39, 0.29) is 0 Å². The molecular weight excluding hydrogens is 260 g/mol. The van der Waals surface area contributed by atoms with Crippen molar-refractivity contribution >= 4 is 5.69 Å². The third-order valence-corrected chi connectivity index (χ3v) is 4.81. The molecule has 0 spiro atoms. The number of anilines is 1. The summed E-state index contributed by atoms with van der Waals surface area (Å²) in [4.78, 5) is 9.60. The van der Waals surface area contributed by atoms with Crippen LogP contribution in [-0.4, -0.2) is 48.1 Å². The van der Waals surface area contributed by atoms with Crippen LogP contribution in [0.15, 0.2) is 18.3 Å². The summed E-state index contributed by atoms with van der Waals surface area (Å²) in [7, 11) is 0. The largest absolute Gasteiger partial charge is 0.370 e. The number of hydrogen-bond donors (Lipinski definition) is 1. The number of aromatic nitrogens is 1. The van der Waals surface area contributed by atoms with Crippen molar-refractivity contribution in [1.82, 2.24) is 15.2 Å². The molecular formula is C17H28N4. The van der Waals surface area contributed by atoms with Gasteiger partial charge in [0.1, 0.15) is 0 Å². The molecule has 2 heterocycles. The summed E-state index contributed by atoms with van der Waals surface area (Å²) >= 11 is 0. The molecule has 1 aromatic rings. The number of nitrogens with one attached hydrogen (secondary N) is 1. The van der Waals surface area contributed by atoms with E-state index in [1.54, 1.807) is 0 Å². The molecule has 0 bridgehead atoms. The van der Waals surface area contributed by atoms with E-state index in [0.29, 0.717) is 6.04 Å². The molecule has 4 nitrogen and oxygen atoms in total. The molecule has 3 rings (SSSR count). The van der Waals surface area contributed by atoms with E-state index in [1.807, 2.05) is 6.20 Å². The van der Waals surface area contributed by atoms with Crippen LogP contribution in [0, 0.1) is 0 Å². The molecule has 116 valence electrons. The van der Waals surface area contributed by atoms with Gasteiger partial charge in [0.2, 0.25) is 0 Å². The van der Waals surface area contributed by atoms with Gasteiger partial charge >= 0.3 is 0 Å². The molecule has 1 aromatic heterocycles. The van der Waals surface area contributed by atoms with Crippen molar-refractivity contribution in [3.63, 3.8) is 0 Å². The molecule has 2 aliphatic rings. The zero-order chi connectivity index (χ0) is 14.7. The standard InChI is InChI=1S/C17H28N4/c1-3-20(4-2)17-8-10-21(13-17)16-7-9-18-15(11-16)12-19-14-5-6-14/h7,9,11,14,17,19H,3-6,8,10,12-13H2,1-2H3. The van der Waals surface area contributed by atoms with Crippen LogP contribution in [0.3, 0.4) is 0 Å². The first-order chi connectivity index (χ1) is 10.3. The molecule has 1 saturated heterocycles. The van der Waals surface area contributed by atoms with Crippen molar-refractivity contribution in [3.05, 3.63) is 24.0 Å². The Morgan fingerprint density at radius 3 is 2.81 bits per heavy atom. The molecule has 0 radical (unpaired) electrons. The second-order valence-corrected chi connectivity index (χ2v) is 6.27.